The minimum atomic E-state index is -0.0825. The number of carbonyl (C=O) groups excluding carboxylic acids is 1. The molecule has 1 aromatic heterocycles. The summed E-state index contributed by atoms with van der Waals surface area (Å²) >= 11 is 1.69. The van der Waals surface area contributed by atoms with Gasteiger partial charge in [0.25, 0.3) is 0 Å². The lowest BCUT2D eigenvalue weighted by atomic mass is 10.3. The van der Waals surface area contributed by atoms with E-state index >= 15 is 0 Å². The Hall–Kier alpha value is -2.08. The number of hydrogen-bond donors (Lipinski definition) is 2. The third-order valence-electron chi connectivity index (χ3n) is 4.21. The molecular weight excluding hydrogens is 320 g/mol. The van der Waals surface area contributed by atoms with Crippen molar-refractivity contribution in [2.24, 2.45) is 0 Å². The van der Waals surface area contributed by atoms with Gasteiger partial charge in [0, 0.05) is 43.2 Å². The first-order chi connectivity index (χ1) is 11.7. The standard InChI is InChI=1S/C18H24N4OS/c1-2-17-20-15(13-24-17)8-10-19-18(23)21-14-9-11-22(12-14)16-6-4-3-5-7-16/h3-7,13-14H,2,8-12H2,1H3,(H2,19,21,23)/t14-/m1/s1. The fourth-order valence-electron chi connectivity index (χ4n) is 2.92. The highest BCUT2D eigenvalue weighted by atomic mass is 32.1. The van der Waals surface area contributed by atoms with Crippen molar-refractivity contribution in [2.75, 3.05) is 24.5 Å². The molecule has 6 heteroatoms. The molecule has 1 aliphatic rings. The molecule has 1 aliphatic heterocycles. The molecule has 2 heterocycles. The van der Waals surface area contributed by atoms with Gasteiger partial charge in [-0.2, -0.15) is 0 Å². The second-order valence-electron chi connectivity index (χ2n) is 6.00. The third kappa shape index (κ3) is 4.47. The van der Waals surface area contributed by atoms with Crippen molar-refractivity contribution in [3.8, 4) is 0 Å². The number of rotatable bonds is 6. The molecule has 128 valence electrons. The van der Waals surface area contributed by atoms with E-state index in [0.29, 0.717) is 6.54 Å². The van der Waals surface area contributed by atoms with E-state index in [9.17, 15) is 4.79 Å². The van der Waals surface area contributed by atoms with Crippen LogP contribution in [0.15, 0.2) is 35.7 Å². The van der Waals surface area contributed by atoms with Crippen LogP contribution >= 0.6 is 11.3 Å². The highest BCUT2D eigenvalue weighted by molar-refractivity contribution is 7.09. The smallest absolute Gasteiger partial charge is 0.315 e. The first kappa shape index (κ1) is 16.8. The van der Waals surface area contributed by atoms with E-state index in [1.165, 1.54) is 5.69 Å². The zero-order valence-electron chi connectivity index (χ0n) is 14.0. The van der Waals surface area contributed by atoms with Crippen LogP contribution in [0.1, 0.15) is 24.0 Å². The number of anilines is 1. The van der Waals surface area contributed by atoms with Crippen LogP contribution in [0.5, 0.6) is 0 Å². The average molecular weight is 344 g/mol. The Bertz CT molecular complexity index is 658. The minimum Gasteiger partial charge on any atom is -0.369 e. The van der Waals surface area contributed by atoms with E-state index in [2.05, 4.69) is 45.0 Å². The van der Waals surface area contributed by atoms with Crippen molar-refractivity contribution < 1.29 is 4.79 Å². The molecule has 1 atom stereocenters. The van der Waals surface area contributed by atoms with Gasteiger partial charge in [-0.25, -0.2) is 9.78 Å². The van der Waals surface area contributed by atoms with Gasteiger partial charge >= 0.3 is 6.03 Å². The summed E-state index contributed by atoms with van der Waals surface area (Å²) in [4.78, 5) is 18.9. The number of aromatic nitrogens is 1. The fourth-order valence-corrected chi connectivity index (χ4v) is 3.70. The summed E-state index contributed by atoms with van der Waals surface area (Å²) in [6.07, 6.45) is 2.73. The quantitative estimate of drug-likeness (QED) is 0.847. The number of aryl methyl sites for hydroxylation is 1. The predicted molar refractivity (Wildman–Crippen MR) is 98.8 cm³/mol. The highest BCUT2D eigenvalue weighted by Gasteiger charge is 2.23. The maximum Gasteiger partial charge on any atom is 0.315 e. The lowest BCUT2D eigenvalue weighted by molar-refractivity contribution is 0.238. The van der Waals surface area contributed by atoms with Gasteiger partial charge in [-0.3, -0.25) is 0 Å². The van der Waals surface area contributed by atoms with Crippen LogP contribution in [-0.4, -0.2) is 36.7 Å². The molecular formula is C18H24N4OS. The number of para-hydroxylation sites is 1. The van der Waals surface area contributed by atoms with Gasteiger partial charge in [0.1, 0.15) is 0 Å². The lowest BCUT2D eigenvalue weighted by Gasteiger charge is -2.19. The zero-order chi connectivity index (χ0) is 16.8. The third-order valence-corrected chi connectivity index (χ3v) is 5.26. The summed E-state index contributed by atoms with van der Waals surface area (Å²) in [5, 5.41) is 9.24. The molecule has 1 saturated heterocycles. The topological polar surface area (TPSA) is 57.3 Å². The van der Waals surface area contributed by atoms with E-state index in [4.69, 9.17) is 0 Å². The number of carbonyl (C=O) groups is 1. The Balaban J connectivity index is 1.38. The summed E-state index contributed by atoms with van der Waals surface area (Å²) in [5.41, 5.74) is 2.28. The number of amides is 2. The summed E-state index contributed by atoms with van der Waals surface area (Å²) in [6, 6.07) is 10.5. The van der Waals surface area contributed by atoms with E-state index in [0.717, 1.165) is 43.1 Å². The molecule has 1 aromatic carbocycles. The van der Waals surface area contributed by atoms with Gasteiger partial charge in [-0.1, -0.05) is 25.1 Å². The number of nitrogens with zero attached hydrogens (tertiary/aromatic N) is 2. The molecule has 0 bridgehead atoms. The van der Waals surface area contributed by atoms with Gasteiger partial charge in [0.2, 0.25) is 0 Å². The SMILES string of the molecule is CCc1nc(CCNC(=O)N[C@@H]2CCN(c3ccccc3)C2)cs1. The molecule has 5 nitrogen and oxygen atoms in total. The molecule has 24 heavy (non-hydrogen) atoms. The van der Waals surface area contributed by atoms with Crippen molar-refractivity contribution in [1.29, 1.82) is 0 Å². The molecule has 0 saturated carbocycles. The Morgan fingerprint density at radius 3 is 2.96 bits per heavy atom. The summed E-state index contributed by atoms with van der Waals surface area (Å²) in [7, 11) is 0. The van der Waals surface area contributed by atoms with Crippen LogP contribution in [0.2, 0.25) is 0 Å². The molecule has 0 unspecified atom stereocenters. The number of hydrogen-bond acceptors (Lipinski definition) is 4. The maximum atomic E-state index is 12.0. The number of nitrogens with one attached hydrogen (secondary N) is 2. The molecule has 0 radical (unpaired) electrons. The largest absolute Gasteiger partial charge is 0.369 e. The molecule has 2 amide bonds. The Kier molecular flexibility index (Phi) is 5.69. The first-order valence-corrected chi connectivity index (χ1v) is 9.40. The van der Waals surface area contributed by atoms with Crippen molar-refractivity contribution in [2.45, 2.75) is 32.2 Å². The maximum absolute atomic E-state index is 12.0. The van der Waals surface area contributed by atoms with Crippen molar-refractivity contribution in [3.05, 3.63) is 46.4 Å². The summed E-state index contributed by atoms with van der Waals surface area (Å²) in [5.74, 6) is 0. The van der Waals surface area contributed by atoms with E-state index in [1.807, 2.05) is 18.2 Å². The van der Waals surface area contributed by atoms with Crippen LogP contribution in [0.25, 0.3) is 0 Å². The monoisotopic (exact) mass is 344 g/mol. The number of thiazole rings is 1. The van der Waals surface area contributed by atoms with E-state index < -0.39 is 0 Å². The predicted octanol–water partition coefficient (Wildman–Crippen LogP) is 2.83. The van der Waals surface area contributed by atoms with Crippen LogP contribution in [0.3, 0.4) is 0 Å². The Morgan fingerprint density at radius 1 is 1.38 bits per heavy atom. The number of urea groups is 1. The Labute approximate surface area is 147 Å². The minimum absolute atomic E-state index is 0.0825. The average Bonchev–Trinajstić information content (AvgIpc) is 3.25. The first-order valence-electron chi connectivity index (χ1n) is 8.52. The molecule has 0 aliphatic carbocycles. The zero-order valence-corrected chi connectivity index (χ0v) is 14.8. The van der Waals surface area contributed by atoms with E-state index in [-0.39, 0.29) is 12.1 Å². The van der Waals surface area contributed by atoms with Gasteiger partial charge in [0.15, 0.2) is 0 Å². The number of benzene rings is 1. The van der Waals surface area contributed by atoms with Crippen molar-refractivity contribution in [1.82, 2.24) is 15.6 Å². The van der Waals surface area contributed by atoms with Crippen molar-refractivity contribution >= 4 is 23.1 Å². The van der Waals surface area contributed by atoms with Gasteiger partial charge in [-0.15, -0.1) is 11.3 Å². The van der Waals surface area contributed by atoms with Gasteiger partial charge < -0.3 is 15.5 Å². The second kappa shape index (κ2) is 8.15. The highest BCUT2D eigenvalue weighted by Crippen LogP contribution is 2.19. The molecule has 3 rings (SSSR count). The van der Waals surface area contributed by atoms with Crippen LogP contribution in [0, 0.1) is 0 Å². The second-order valence-corrected chi connectivity index (χ2v) is 6.95. The van der Waals surface area contributed by atoms with Crippen LogP contribution < -0.4 is 15.5 Å². The summed E-state index contributed by atoms with van der Waals surface area (Å²) < 4.78 is 0. The molecule has 2 N–H and O–H groups in total. The lowest BCUT2D eigenvalue weighted by Crippen LogP contribution is -2.43. The van der Waals surface area contributed by atoms with Crippen molar-refractivity contribution in [3.63, 3.8) is 0 Å². The fraction of sp³-hybridized carbons (Fsp3) is 0.444. The van der Waals surface area contributed by atoms with Crippen LogP contribution in [-0.2, 0) is 12.8 Å². The van der Waals surface area contributed by atoms with Crippen LogP contribution in [0.4, 0.5) is 10.5 Å². The molecule has 1 fully saturated rings. The van der Waals surface area contributed by atoms with Gasteiger partial charge in [0.05, 0.1) is 10.7 Å². The molecule has 2 aromatic rings. The van der Waals surface area contributed by atoms with E-state index in [1.54, 1.807) is 11.3 Å². The molecule has 0 spiro atoms. The Morgan fingerprint density at radius 2 is 2.21 bits per heavy atom. The normalized spacial score (nSPS) is 17.0. The van der Waals surface area contributed by atoms with Gasteiger partial charge in [-0.05, 0) is 25.0 Å². The summed E-state index contributed by atoms with van der Waals surface area (Å²) in [6.45, 7) is 4.57.